The summed E-state index contributed by atoms with van der Waals surface area (Å²) in [5.74, 6) is -0.512. The molecular weight excluding hydrogens is 309 g/mol. The van der Waals surface area contributed by atoms with Crippen LogP contribution in [0.2, 0.25) is 0 Å². The number of para-hydroxylation sites is 2. The average molecular weight is 327 g/mol. The van der Waals surface area contributed by atoms with E-state index in [9.17, 15) is 14.3 Å². The van der Waals surface area contributed by atoms with Crippen LogP contribution < -0.4 is 10.6 Å². The Kier molecular flexibility index (Phi) is 4.48. The maximum Gasteiger partial charge on any atom is 0.319 e. The van der Waals surface area contributed by atoms with Crippen molar-refractivity contribution in [1.29, 1.82) is 0 Å². The Morgan fingerprint density at radius 3 is 2.71 bits per heavy atom. The topological polar surface area (TPSA) is 66.3 Å². The van der Waals surface area contributed by atoms with Crippen LogP contribution in [0.15, 0.2) is 54.7 Å². The SMILES string of the molecule is Cn1cc(C(O)CNC(=O)Nc2ccccc2F)c2ccccc21. The number of nitrogens with zero attached hydrogens (tertiary/aromatic N) is 1. The first-order valence-electron chi connectivity index (χ1n) is 7.57. The molecule has 6 heteroatoms. The van der Waals surface area contributed by atoms with E-state index in [4.69, 9.17) is 0 Å². The van der Waals surface area contributed by atoms with E-state index < -0.39 is 18.0 Å². The van der Waals surface area contributed by atoms with Gasteiger partial charge < -0.3 is 20.3 Å². The molecule has 2 aromatic carbocycles. The second-order valence-corrected chi connectivity index (χ2v) is 5.54. The van der Waals surface area contributed by atoms with Crippen LogP contribution in [0.1, 0.15) is 11.7 Å². The highest BCUT2D eigenvalue weighted by Crippen LogP contribution is 2.25. The molecule has 1 heterocycles. The summed E-state index contributed by atoms with van der Waals surface area (Å²) < 4.78 is 15.4. The van der Waals surface area contributed by atoms with Crippen LogP contribution in [-0.4, -0.2) is 22.2 Å². The Labute approximate surface area is 138 Å². The van der Waals surface area contributed by atoms with Crippen LogP contribution in [0.5, 0.6) is 0 Å². The van der Waals surface area contributed by atoms with E-state index in [2.05, 4.69) is 10.6 Å². The van der Waals surface area contributed by atoms with Gasteiger partial charge in [0.1, 0.15) is 5.82 Å². The Morgan fingerprint density at radius 1 is 1.21 bits per heavy atom. The molecule has 5 nitrogen and oxygen atoms in total. The van der Waals surface area contributed by atoms with Gasteiger partial charge in [-0.05, 0) is 18.2 Å². The van der Waals surface area contributed by atoms with Crippen molar-refractivity contribution in [1.82, 2.24) is 9.88 Å². The first-order valence-corrected chi connectivity index (χ1v) is 7.57. The molecule has 24 heavy (non-hydrogen) atoms. The Balaban J connectivity index is 1.65. The first-order chi connectivity index (χ1) is 11.6. The second-order valence-electron chi connectivity index (χ2n) is 5.54. The Bertz CT molecular complexity index is 876. The van der Waals surface area contributed by atoms with Crippen LogP contribution in [-0.2, 0) is 7.05 Å². The van der Waals surface area contributed by atoms with Gasteiger partial charge in [0.15, 0.2) is 0 Å². The zero-order valence-corrected chi connectivity index (χ0v) is 13.2. The molecule has 2 amide bonds. The number of halogens is 1. The molecule has 0 radical (unpaired) electrons. The van der Waals surface area contributed by atoms with E-state index >= 15 is 0 Å². The maximum atomic E-state index is 13.5. The highest BCUT2D eigenvalue weighted by atomic mass is 19.1. The van der Waals surface area contributed by atoms with E-state index in [-0.39, 0.29) is 12.2 Å². The molecule has 0 bridgehead atoms. The molecule has 0 fully saturated rings. The monoisotopic (exact) mass is 327 g/mol. The fourth-order valence-corrected chi connectivity index (χ4v) is 2.67. The van der Waals surface area contributed by atoms with Gasteiger partial charge in [-0.3, -0.25) is 0 Å². The van der Waals surface area contributed by atoms with Crippen LogP contribution in [0.25, 0.3) is 10.9 Å². The summed E-state index contributed by atoms with van der Waals surface area (Å²) in [4.78, 5) is 11.9. The number of nitrogens with one attached hydrogen (secondary N) is 2. The van der Waals surface area contributed by atoms with Crippen molar-refractivity contribution in [3.63, 3.8) is 0 Å². The number of aliphatic hydroxyl groups is 1. The average Bonchev–Trinajstić information content (AvgIpc) is 2.92. The quantitative estimate of drug-likeness (QED) is 0.689. The molecule has 0 saturated carbocycles. The predicted molar refractivity (Wildman–Crippen MR) is 91.3 cm³/mol. The number of hydrogen-bond donors (Lipinski definition) is 3. The molecule has 1 unspecified atom stereocenters. The number of hydrogen-bond acceptors (Lipinski definition) is 2. The molecule has 3 rings (SSSR count). The molecule has 0 saturated heterocycles. The van der Waals surface area contributed by atoms with E-state index in [0.717, 1.165) is 16.5 Å². The maximum absolute atomic E-state index is 13.5. The predicted octanol–water partition coefficient (Wildman–Crippen LogP) is 3.17. The highest BCUT2D eigenvalue weighted by Gasteiger charge is 2.15. The van der Waals surface area contributed by atoms with Gasteiger partial charge in [-0.2, -0.15) is 0 Å². The molecule has 1 aromatic heterocycles. The molecule has 1 atom stereocenters. The first kappa shape index (κ1) is 16.0. The van der Waals surface area contributed by atoms with Gasteiger partial charge in [0.2, 0.25) is 0 Å². The summed E-state index contributed by atoms with van der Waals surface area (Å²) in [5.41, 5.74) is 1.83. The summed E-state index contributed by atoms with van der Waals surface area (Å²) in [5, 5.41) is 16.3. The number of amides is 2. The lowest BCUT2D eigenvalue weighted by atomic mass is 10.1. The number of aliphatic hydroxyl groups excluding tert-OH is 1. The van der Waals surface area contributed by atoms with E-state index in [1.165, 1.54) is 12.1 Å². The second kappa shape index (κ2) is 6.72. The molecule has 0 aliphatic heterocycles. The number of urea groups is 1. The van der Waals surface area contributed by atoms with Gasteiger partial charge in [0.25, 0.3) is 0 Å². The van der Waals surface area contributed by atoms with Gasteiger partial charge in [-0.1, -0.05) is 30.3 Å². The molecule has 0 aliphatic rings. The molecular formula is C18H18FN3O2. The van der Waals surface area contributed by atoms with Crippen LogP contribution in [0, 0.1) is 5.82 Å². The molecule has 0 spiro atoms. The van der Waals surface area contributed by atoms with Crippen LogP contribution in [0.4, 0.5) is 14.9 Å². The van der Waals surface area contributed by atoms with Crippen molar-refractivity contribution in [2.24, 2.45) is 7.05 Å². The molecule has 0 aliphatic carbocycles. The van der Waals surface area contributed by atoms with E-state index in [0.29, 0.717) is 0 Å². The fourth-order valence-electron chi connectivity index (χ4n) is 2.67. The third-order valence-corrected chi connectivity index (χ3v) is 3.86. The fraction of sp³-hybridized carbons (Fsp3) is 0.167. The zero-order chi connectivity index (χ0) is 17.1. The van der Waals surface area contributed by atoms with Gasteiger partial charge in [0.05, 0.1) is 11.8 Å². The summed E-state index contributed by atoms with van der Waals surface area (Å²) >= 11 is 0. The number of aromatic nitrogens is 1. The summed E-state index contributed by atoms with van der Waals surface area (Å²) in [6.07, 6.45) is 0.980. The standard InChI is InChI=1S/C18H18FN3O2/c1-22-11-13(12-6-2-5-9-16(12)22)17(23)10-20-18(24)21-15-8-4-3-7-14(15)19/h2-9,11,17,23H,10H2,1H3,(H2,20,21,24). The Hall–Kier alpha value is -2.86. The van der Waals surface area contributed by atoms with Crippen LogP contribution >= 0.6 is 0 Å². The van der Waals surface area contributed by atoms with Gasteiger partial charge in [-0.15, -0.1) is 0 Å². The van der Waals surface area contributed by atoms with E-state index in [1.807, 2.05) is 42.1 Å². The largest absolute Gasteiger partial charge is 0.386 e. The highest BCUT2D eigenvalue weighted by molar-refractivity contribution is 5.89. The van der Waals surface area contributed by atoms with Crippen molar-refractivity contribution >= 4 is 22.6 Å². The minimum absolute atomic E-state index is 0.0221. The number of fused-ring (bicyclic) bond motifs is 1. The van der Waals surface area contributed by atoms with Gasteiger partial charge in [-0.25, -0.2) is 9.18 Å². The Morgan fingerprint density at radius 2 is 1.92 bits per heavy atom. The smallest absolute Gasteiger partial charge is 0.319 e. The zero-order valence-electron chi connectivity index (χ0n) is 13.2. The lowest BCUT2D eigenvalue weighted by molar-refractivity contribution is 0.176. The molecule has 3 N–H and O–H groups in total. The van der Waals surface area contributed by atoms with Gasteiger partial charge >= 0.3 is 6.03 Å². The van der Waals surface area contributed by atoms with Crippen molar-refractivity contribution in [3.05, 3.63) is 66.1 Å². The number of anilines is 1. The van der Waals surface area contributed by atoms with E-state index in [1.54, 1.807) is 12.1 Å². The molecule has 124 valence electrons. The third kappa shape index (κ3) is 3.23. The number of aryl methyl sites for hydroxylation is 1. The number of rotatable bonds is 4. The summed E-state index contributed by atoms with van der Waals surface area (Å²) in [6, 6.07) is 13.1. The number of benzene rings is 2. The van der Waals surface area contributed by atoms with Crippen LogP contribution in [0.3, 0.4) is 0 Å². The van der Waals surface area contributed by atoms with Crippen molar-refractivity contribution in [3.8, 4) is 0 Å². The third-order valence-electron chi connectivity index (χ3n) is 3.86. The lowest BCUT2D eigenvalue weighted by Gasteiger charge is -2.12. The summed E-state index contributed by atoms with van der Waals surface area (Å²) in [6.45, 7) is 0.0221. The van der Waals surface area contributed by atoms with Crippen molar-refractivity contribution < 1.29 is 14.3 Å². The lowest BCUT2D eigenvalue weighted by Crippen LogP contribution is -2.32. The van der Waals surface area contributed by atoms with Crippen molar-refractivity contribution in [2.75, 3.05) is 11.9 Å². The minimum atomic E-state index is -0.859. The normalized spacial score (nSPS) is 12.1. The number of carbonyl (C=O) groups is 1. The van der Waals surface area contributed by atoms with Gasteiger partial charge in [0, 0.05) is 36.3 Å². The summed E-state index contributed by atoms with van der Waals surface area (Å²) in [7, 11) is 1.90. The minimum Gasteiger partial charge on any atom is -0.386 e. The molecule has 3 aromatic rings. The number of carbonyl (C=O) groups excluding carboxylic acids is 1. The van der Waals surface area contributed by atoms with Crippen molar-refractivity contribution in [2.45, 2.75) is 6.10 Å².